The lowest BCUT2D eigenvalue weighted by Gasteiger charge is -2.12. The fraction of sp³-hybridized carbons (Fsp3) is 0.176. The van der Waals surface area contributed by atoms with Gasteiger partial charge in [0, 0.05) is 37.2 Å². The fourth-order valence-corrected chi connectivity index (χ4v) is 1.88. The third-order valence-electron chi connectivity index (χ3n) is 3.12. The van der Waals surface area contributed by atoms with Crippen LogP contribution in [0.25, 0.3) is 0 Å². The quantitative estimate of drug-likeness (QED) is 0.558. The van der Waals surface area contributed by atoms with Gasteiger partial charge in [-0.05, 0) is 43.3 Å². The molecular weight excluding hydrogens is 308 g/mol. The van der Waals surface area contributed by atoms with E-state index in [0.717, 1.165) is 5.69 Å². The van der Waals surface area contributed by atoms with Crippen molar-refractivity contribution in [1.29, 1.82) is 0 Å². The number of furan rings is 1. The first-order valence-corrected chi connectivity index (χ1v) is 7.32. The van der Waals surface area contributed by atoms with E-state index in [1.807, 2.05) is 43.3 Å². The van der Waals surface area contributed by atoms with Crippen LogP contribution in [0.3, 0.4) is 0 Å². The van der Waals surface area contributed by atoms with Gasteiger partial charge in [-0.2, -0.15) is 0 Å². The van der Waals surface area contributed by atoms with Gasteiger partial charge in [-0.1, -0.05) is 0 Å². The van der Waals surface area contributed by atoms with Crippen LogP contribution < -0.4 is 21.1 Å². The summed E-state index contributed by atoms with van der Waals surface area (Å²) in [7, 11) is 3.89. The molecule has 0 aliphatic carbocycles. The Labute approximate surface area is 140 Å². The number of carbonyl (C=O) groups is 2. The third kappa shape index (κ3) is 4.91. The molecule has 0 saturated heterocycles. The molecule has 7 nitrogen and oxygen atoms in total. The molecule has 0 spiro atoms. The highest BCUT2D eigenvalue weighted by Gasteiger charge is 2.07. The van der Waals surface area contributed by atoms with Crippen LogP contribution in [-0.2, 0) is 4.79 Å². The Bertz CT molecular complexity index is 719. The number of allylic oxidation sites excluding steroid dienone is 1. The van der Waals surface area contributed by atoms with Crippen molar-refractivity contribution < 1.29 is 14.0 Å². The van der Waals surface area contributed by atoms with Gasteiger partial charge >= 0.3 is 5.91 Å². The molecule has 3 N–H and O–H groups in total. The molecule has 0 radical (unpaired) electrons. The molecular formula is C17H20N4O3. The second-order valence-corrected chi connectivity index (χ2v) is 5.31. The second kappa shape index (κ2) is 7.87. The molecule has 0 atom stereocenters. The standard InChI is InChI=1S/C17H20N4O3/c1-12(19-20-17(23)15-5-4-10-24-15)11-16(22)18-13-6-8-14(9-7-13)21(2)3/h4-11,19H,1-3H3,(H,18,22)(H,20,23). The minimum Gasteiger partial charge on any atom is -0.459 e. The number of anilines is 2. The van der Waals surface area contributed by atoms with Crippen molar-refractivity contribution in [3.05, 3.63) is 60.2 Å². The Morgan fingerprint density at radius 2 is 1.79 bits per heavy atom. The average molecular weight is 328 g/mol. The van der Waals surface area contributed by atoms with Gasteiger partial charge in [0.25, 0.3) is 0 Å². The van der Waals surface area contributed by atoms with E-state index in [1.165, 1.54) is 12.3 Å². The first-order valence-electron chi connectivity index (χ1n) is 7.32. The zero-order valence-corrected chi connectivity index (χ0v) is 13.8. The molecule has 1 aromatic heterocycles. The summed E-state index contributed by atoms with van der Waals surface area (Å²) in [6.45, 7) is 1.66. The Balaban J connectivity index is 1.85. The first-order chi connectivity index (χ1) is 11.5. The van der Waals surface area contributed by atoms with E-state index in [4.69, 9.17) is 4.42 Å². The Hall–Kier alpha value is -3.22. The minimum absolute atomic E-state index is 0.181. The number of hydrogen-bond acceptors (Lipinski definition) is 5. The van der Waals surface area contributed by atoms with E-state index in [9.17, 15) is 9.59 Å². The summed E-state index contributed by atoms with van der Waals surface area (Å²) in [6, 6.07) is 10.6. The molecule has 2 aromatic rings. The molecule has 24 heavy (non-hydrogen) atoms. The van der Waals surface area contributed by atoms with Crippen molar-refractivity contribution in [2.75, 3.05) is 24.3 Å². The van der Waals surface area contributed by atoms with Crippen molar-refractivity contribution in [3.8, 4) is 0 Å². The van der Waals surface area contributed by atoms with Crippen molar-refractivity contribution in [3.63, 3.8) is 0 Å². The van der Waals surface area contributed by atoms with Gasteiger partial charge in [0.1, 0.15) is 0 Å². The molecule has 0 unspecified atom stereocenters. The van der Waals surface area contributed by atoms with Crippen molar-refractivity contribution in [2.45, 2.75) is 6.92 Å². The van der Waals surface area contributed by atoms with Gasteiger partial charge < -0.3 is 20.1 Å². The van der Waals surface area contributed by atoms with Gasteiger partial charge in [0.05, 0.1) is 6.26 Å². The maximum absolute atomic E-state index is 11.9. The maximum Gasteiger partial charge on any atom is 0.305 e. The lowest BCUT2D eigenvalue weighted by Crippen LogP contribution is -2.36. The summed E-state index contributed by atoms with van der Waals surface area (Å²) in [5.74, 6) is -0.544. The number of amides is 2. The van der Waals surface area contributed by atoms with Crippen LogP contribution in [0.2, 0.25) is 0 Å². The SMILES string of the molecule is CC(=CC(=O)Nc1ccc(N(C)C)cc1)NNC(=O)c1ccco1. The second-order valence-electron chi connectivity index (χ2n) is 5.31. The normalized spacial score (nSPS) is 10.9. The van der Waals surface area contributed by atoms with Gasteiger partial charge in [-0.25, -0.2) is 0 Å². The van der Waals surface area contributed by atoms with Crippen LogP contribution >= 0.6 is 0 Å². The van der Waals surface area contributed by atoms with Crippen LogP contribution in [-0.4, -0.2) is 25.9 Å². The minimum atomic E-state index is -0.424. The Morgan fingerprint density at radius 3 is 2.38 bits per heavy atom. The number of benzene rings is 1. The number of nitrogens with one attached hydrogen (secondary N) is 3. The number of rotatable bonds is 6. The van der Waals surface area contributed by atoms with Crippen LogP contribution in [0, 0.1) is 0 Å². The molecule has 7 heteroatoms. The van der Waals surface area contributed by atoms with E-state index >= 15 is 0 Å². The number of carbonyl (C=O) groups excluding carboxylic acids is 2. The summed E-state index contributed by atoms with van der Waals surface area (Å²) in [6.07, 6.45) is 2.76. The zero-order chi connectivity index (χ0) is 17.5. The van der Waals surface area contributed by atoms with E-state index in [2.05, 4.69) is 16.2 Å². The van der Waals surface area contributed by atoms with Gasteiger partial charge in [-0.3, -0.25) is 15.0 Å². The van der Waals surface area contributed by atoms with Crippen molar-refractivity contribution in [1.82, 2.24) is 10.9 Å². The monoisotopic (exact) mass is 328 g/mol. The predicted octanol–water partition coefficient (Wildman–Crippen LogP) is 2.12. The number of hydrogen-bond donors (Lipinski definition) is 3. The summed E-state index contributed by atoms with van der Waals surface area (Å²) in [5.41, 5.74) is 7.30. The molecule has 0 bridgehead atoms. The van der Waals surface area contributed by atoms with E-state index in [1.54, 1.807) is 19.1 Å². The largest absolute Gasteiger partial charge is 0.459 e. The molecule has 2 amide bonds. The van der Waals surface area contributed by atoms with Crippen LogP contribution in [0.15, 0.2) is 58.9 Å². The number of nitrogens with zero attached hydrogens (tertiary/aromatic N) is 1. The van der Waals surface area contributed by atoms with Crippen LogP contribution in [0.4, 0.5) is 11.4 Å². The van der Waals surface area contributed by atoms with Crippen molar-refractivity contribution in [2.24, 2.45) is 0 Å². The fourth-order valence-electron chi connectivity index (χ4n) is 1.88. The van der Waals surface area contributed by atoms with E-state index < -0.39 is 5.91 Å². The highest BCUT2D eigenvalue weighted by atomic mass is 16.3. The lowest BCUT2D eigenvalue weighted by molar-refractivity contribution is -0.112. The summed E-state index contributed by atoms with van der Waals surface area (Å²) in [4.78, 5) is 25.6. The van der Waals surface area contributed by atoms with Gasteiger partial charge in [0.2, 0.25) is 5.91 Å². The molecule has 0 saturated carbocycles. The molecule has 2 rings (SSSR count). The first kappa shape index (κ1) is 17.1. The summed E-state index contributed by atoms with van der Waals surface area (Å²) >= 11 is 0. The van der Waals surface area contributed by atoms with Gasteiger partial charge in [0.15, 0.2) is 5.76 Å². The molecule has 0 fully saturated rings. The van der Waals surface area contributed by atoms with E-state index in [0.29, 0.717) is 11.4 Å². The molecule has 0 aliphatic rings. The predicted molar refractivity (Wildman–Crippen MR) is 92.5 cm³/mol. The Morgan fingerprint density at radius 1 is 1.08 bits per heavy atom. The maximum atomic E-state index is 11.9. The molecule has 0 aliphatic heterocycles. The van der Waals surface area contributed by atoms with Gasteiger partial charge in [-0.15, -0.1) is 0 Å². The van der Waals surface area contributed by atoms with Crippen molar-refractivity contribution >= 4 is 23.2 Å². The molecule has 1 heterocycles. The highest BCUT2D eigenvalue weighted by Crippen LogP contribution is 2.15. The lowest BCUT2D eigenvalue weighted by atomic mass is 10.2. The smallest absolute Gasteiger partial charge is 0.305 e. The highest BCUT2D eigenvalue weighted by molar-refractivity contribution is 5.99. The van der Waals surface area contributed by atoms with E-state index in [-0.39, 0.29) is 11.7 Å². The molecule has 126 valence electrons. The topological polar surface area (TPSA) is 86.6 Å². The molecule has 1 aromatic carbocycles. The number of hydrazine groups is 1. The average Bonchev–Trinajstić information content (AvgIpc) is 3.07. The summed E-state index contributed by atoms with van der Waals surface area (Å²) in [5, 5.41) is 2.75. The van der Waals surface area contributed by atoms with Crippen LogP contribution in [0.5, 0.6) is 0 Å². The zero-order valence-electron chi connectivity index (χ0n) is 13.8. The third-order valence-corrected chi connectivity index (χ3v) is 3.12. The van der Waals surface area contributed by atoms with Crippen LogP contribution in [0.1, 0.15) is 17.5 Å². The Kier molecular flexibility index (Phi) is 5.62. The summed E-state index contributed by atoms with van der Waals surface area (Å²) < 4.78 is 4.96.